The van der Waals surface area contributed by atoms with Crippen LogP contribution < -0.4 is 19.8 Å². The zero-order chi connectivity index (χ0) is 23.1. The summed E-state index contributed by atoms with van der Waals surface area (Å²) in [5.74, 6) is 0.822. The summed E-state index contributed by atoms with van der Waals surface area (Å²) in [6.45, 7) is 0.0882. The predicted octanol–water partition coefficient (Wildman–Crippen LogP) is -0.298. The topological polar surface area (TPSA) is 179 Å². The fourth-order valence-electron chi connectivity index (χ4n) is 2.27. The van der Waals surface area contributed by atoms with Crippen LogP contribution in [0.1, 0.15) is 0 Å². The third-order valence-corrected chi connectivity index (χ3v) is 9.21. The molecule has 2 aromatic carbocycles. The normalized spacial score (nSPS) is 14.1. The van der Waals surface area contributed by atoms with Crippen LogP contribution in [0.2, 0.25) is 8.94 Å². The molecular formula is C18H24N2O8S2Te. The third-order valence-electron chi connectivity index (χ3n) is 3.81. The van der Waals surface area contributed by atoms with Crippen molar-refractivity contribution in [3.05, 3.63) is 48.5 Å². The van der Waals surface area contributed by atoms with Gasteiger partial charge in [0, 0.05) is 0 Å². The van der Waals surface area contributed by atoms with Crippen LogP contribution in [0.25, 0.3) is 0 Å². The monoisotopic (exact) mass is 590 g/mol. The van der Waals surface area contributed by atoms with Gasteiger partial charge in [-0.2, -0.15) is 0 Å². The molecule has 0 radical (unpaired) electrons. The molecule has 2 atom stereocenters. The van der Waals surface area contributed by atoms with Gasteiger partial charge in [-0.05, 0) is 0 Å². The van der Waals surface area contributed by atoms with Crippen molar-refractivity contribution < 1.29 is 36.5 Å². The standard InChI is InChI=1S/C18H24N2O8S2Te/c19-29(23,24)17-5-1-15(2-6-17)27-9-13(21)11-31-12-14(22)10-28-16-3-7-18(8-4-16)30(20,25)26/h1-8,13-14,21-22H,9-12H2,(H2,19,23,24)(H2,20,25,26)/t13-,14+. The van der Waals surface area contributed by atoms with Gasteiger partial charge in [0.1, 0.15) is 0 Å². The van der Waals surface area contributed by atoms with Crippen molar-refractivity contribution in [3.8, 4) is 11.5 Å². The third kappa shape index (κ3) is 9.30. The van der Waals surface area contributed by atoms with Gasteiger partial charge >= 0.3 is 192 Å². The van der Waals surface area contributed by atoms with Crippen molar-refractivity contribution in [3.63, 3.8) is 0 Å². The van der Waals surface area contributed by atoms with Crippen LogP contribution in [0, 0.1) is 0 Å². The van der Waals surface area contributed by atoms with Crippen LogP contribution >= 0.6 is 0 Å². The number of aliphatic hydroxyl groups excluding tert-OH is 2. The van der Waals surface area contributed by atoms with Gasteiger partial charge in [0.15, 0.2) is 0 Å². The van der Waals surface area contributed by atoms with E-state index in [9.17, 15) is 27.0 Å². The molecule has 0 spiro atoms. The molecule has 172 valence electrons. The SMILES string of the molecule is NS(=O)(=O)c1ccc(OC[C@@H](O)C[Te]C[C@@H](O)COc2ccc(S(N)(=O)=O)cc2)cc1. The molecule has 6 N–H and O–H groups in total. The molecule has 13 heteroatoms. The summed E-state index contributed by atoms with van der Waals surface area (Å²) < 4.78 is 56.7. The van der Waals surface area contributed by atoms with Crippen LogP contribution in [0.4, 0.5) is 0 Å². The summed E-state index contributed by atoms with van der Waals surface area (Å²) in [5, 5.41) is 30.1. The Labute approximate surface area is 191 Å². The van der Waals surface area contributed by atoms with Gasteiger partial charge in [0.25, 0.3) is 0 Å². The second-order valence-electron chi connectivity index (χ2n) is 6.50. The van der Waals surface area contributed by atoms with Gasteiger partial charge in [-0.25, -0.2) is 0 Å². The van der Waals surface area contributed by atoms with E-state index >= 15 is 0 Å². The number of sulfonamides is 2. The molecule has 2 aromatic rings. The second-order valence-corrected chi connectivity index (χ2v) is 12.7. The molecule has 0 fully saturated rings. The van der Waals surface area contributed by atoms with Crippen LogP contribution in [0.3, 0.4) is 0 Å². The van der Waals surface area contributed by atoms with E-state index in [0.717, 1.165) is 0 Å². The van der Waals surface area contributed by atoms with E-state index in [1.54, 1.807) is 0 Å². The molecule has 0 saturated heterocycles. The quantitative estimate of drug-likeness (QED) is 0.244. The Kier molecular flexibility index (Phi) is 9.53. The first-order valence-corrected chi connectivity index (χ1v) is 15.3. The summed E-state index contributed by atoms with van der Waals surface area (Å²) >= 11 is -0.702. The maximum atomic E-state index is 11.2. The van der Waals surface area contributed by atoms with E-state index in [-0.39, 0.29) is 23.0 Å². The molecule has 10 nitrogen and oxygen atoms in total. The summed E-state index contributed by atoms with van der Waals surface area (Å²) in [5.41, 5.74) is 0. The van der Waals surface area contributed by atoms with Crippen molar-refractivity contribution >= 4 is 41.0 Å². The molecule has 0 aliphatic rings. The number of benzene rings is 2. The Balaban J connectivity index is 1.65. The molecular weight excluding hydrogens is 564 g/mol. The van der Waals surface area contributed by atoms with Gasteiger partial charge < -0.3 is 0 Å². The summed E-state index contributed by atoms with van der Waals surface area (Å²) in [4.78, 5) is -0.0483. The number of hydrogen-bond acceptors (Lipinski definition) is 8. The Morgan fingerprint density at radius 1 is 0.710 bits per heavy atom. The number of primary sulfonamides is 2. The van der Waals surface area contributed by atoms with Crippen molar-refractivity contribution in [2.24, 2.45) is 10.3 Å². The van der Waals surface area contributed by atoms with Crippen LogP contribution in [0.15, 0.2) is 58.3 Å². The van der Waals surface area contributed by atoms with Gasteiger partial charge in [0.05, 0.1) is 0 Å². The molecule has 31 heavy (non-hydrogen) atoms. The van der Waals surface area contributed by atoms with Crippen LogP contribution in [-0.2, 0) is 20.0 Å². The first kappa shape index (κ1) is 25.8. The molecule has 0 aliphatic heterocycles. The van der Waals surface area contributed by atoms with Crippen LogP contribution in [0.5, 0.6) is 11.5 Å². The first-order chi connectivity index (χ1) is 14.4. The number of nitrogens with two attached hydrogens (primary N) is 2. The molecule has 0 saturated carbocycles. The Morgan fingerprint density at radius 2 is 1.03 bits per heavy atom. The average molecular weight is 588 g/mol. The van der Waals surface area contributed by atoms with Gasteiger partial charge in [0.2, 0.25) is 0 Å². The number of ether oxygens (including phenoxy) is 2. The Morgan fingerprint density at radius 3 is 1.32 bits per heavy atom. The van der Waals surface area contributed by atoms with Gasteiger partial charge in [-0.1, -0.05) is 0 Å². The zero-order valence-electron chi connectivity index (χ0n) is 16.3. The Bertz CT molecular complexity index is 959. The van der Waals surface area contributed by atoms with Crippen molar-refractivity contribution in [2.75, 3.05) is 13.2 Å². The predicted molar refractivity (Wildman–Crippen MR) is 114 cm³/mol. The van der Waals surface area contributed by atoms with E-state index in [0.29, 0.717) is 20.4 Å². The average Bonchev–Trinajstić information content (AvgIpc) is 2.70. The summed E-state index contributed by atoms with van der Waals surface area (Å²) in [6.07, 6.45) is -1.42. The minimum atomic E-state index is -3.76. The zero-order valence-corrected chi connectivity index (χ0v) is 20.3. The molecule has 0 amide bonds. The van der Waals surface area contributed by atoms with E-state index in [1.165, 1.54) is 48.5 Å². The number of rotatable bonds is 12. The van der Waals surface area contributed by atoms with E-state index in [4.69, 9.17) is 19.8 Å². The fourth-order valence-corrected chi connectivity index (χ4v) is 5.79. The van der Waals surface area contributed by atoms with Crippen molar-refractivity contribution in [2.45, 2.75) is 30.9 Å². The van der Waals surface area contributed by atoms with Crippen molar-refractivity contribution in [1.29, 1.82) is 0 Å². The Hall–Kier alpha value is -1.43. The van der Waals surface area contributed by atoms with E-state index in [1.807, 2.05) is 0 Å². The van der Waals surface area contributed by atoms with Gasteiger partial charge in [-0.3, -0.25) is 0 Å². The van der Waals surface area contributed by atoms with Crippen LogP contribution in [-0.4, -0.2) is 73.4 Å². The molecule has 0 aliphatic carbocycles. The number of aliphatic hydroxyl groups is 2. The first-order valence-electron chi connectivity index (χ1n) is 8.90. The number of hydrogen-bond donors (Lipinski definition) is 4. The van der Waals surface area contributed by atoms with Crippen molar-refractivity contribution in [1.82, 2.24) is 0 Å². The molecule has 2 rings (SSSR count). The summed E-state index contributed by atoms with van der Waals surface area (Å²) in [7, 11) is -7.53. The second kappa shape index (κ2) is 11.4. The van der Waals surface area contributed by atoms with Gasteiger partial charge in [-0.15, -0.1) is 0 Å². The fraction of sp³-hybridized carbons (Fsp3) is 0.333. The molecule has 0 aromatic heterocycles. The van der Waals surface area contributed by atoms with E-state index in [2.05, 4.69) is 0 Å². The molecule has 0 heterocycles. The molecule has 0 bridgehead atoms. The summed E-state index contributed by atoms with van der Waals surface area (Å²) in [6, 6.07) is 11.1. The minimum absolute atomic E-state index is 0.0242. The molecule has 0 unspecified atom stereocenters. The maximum absolute atomic E-state index is 11.2. The van der Waals surface area contributed by atoms with E-state index < -0.39 is 53.2 Å².